The second-order valence-electron chi connectivity index (χ2n) is 9.11. The maximum absolute atomic E-state index is 14.6. The molecule has 8 nitrogen and oxygen atoms in total. The number of sulfonamides is 2. The van der Waals surface area contributed by atoms with Crippen molar-refractivity contribution in [3.8, 4) is 5.75 Å². The van der Waals surface area contributed by atoms with Gasteiger partial charge in [0.25, 0.3) is 0 Å². The number of hydrogen-bond acceptors (Lipinski definition) is 7. The van der Waals surface area contributed by atoms with E-state index in [0.29, 0.717) is 9.69 Å². The maximum atomic E-state index is 14.6. The van der Waals surface area contributed by atoms with Crippen molar-refractivity contribution >= 4 is 30.2 Å². The van der Waals surface area contributed by atoms with Crippen LogP contribution in [-0.2, 0) is 30.2 Å². The Hall–Kier alpha value is -1.80. The molecule has 0 fully saturated rings. The normalized spacial score (nSPS) is 14.9. The van der Waals surface area contributed by atoms with Gasteiger partial charge in [0.05, 0.1) is 0 Å². The Morgan fingerprint density at radius 1 is 0.641 bits per heavy atom. The summed E-state index contributed by atoms with van der Waals surface area (Å²) in [7, 11) is -22.7. The highest BCUT2D eigenvalue weighted by molar-refractivity contribution is 8.13. The molecule has 0 aliphatic heterocycles. The monoisotopic (exact) mass is 644 g/mol. The van der Waals surface area contributed by atoms with Gasteiger partial charge >= 0.3 is 32.1 Å². The molecule has 0 spiro atoms. The summed E-state index contributed by atoms with van der Waals surface area (Å²) < 4.78 is 197. The molecule has 0 aliphatic carbocycles. The Labute approximate surface area is 219 Å². The summed E-state index contributed by atoms with van der Waals surface area (Å²) in [6.45, 7) is 9.06. The molecule has 0 saturated carbocycles. The average molecular weight is 645 g/mol. The Kier molecular flexibility index (Phi) is 9.53. The van der Waals surface area contributed by atoms with Crippen LogP contribution in [0.2, 0.25) is 0 Å². The Morgan fingerprint density at radius 3 is 1.33 bits per heavy atom. The summed E-state index contributed by atoms with van der Waals surface area (Å²) in [5.74, 6) is -10.2. The van der Waals surface area contributed by atoms with Crippen molar-refractivity contribution in [2.45, 2.75) is 81.2 Å². The number of alkyl halides is 9. The van der Waals surface area contributed by atoms with Crippen molar-refractivity contribution in [3.05, 3.63) is 33.0 Å². The molecule has 39 heavy (non-hydrogen) atoms. The van der Waals surface area contributed by atoms with E-state index in [1.807, 2.05) is 0 Å². The van der Waals surface area contributed by atoms with Gasteiger partial charge < -0.3 is 8.31 Å². The second kappa shape index (κ2) is 10.6. The Bertz CT molecular complexity index is 1370. The summed E-state index contributed by atoms with van der Waals surface area (Å²) in [5.41, 5.74) is -6.47. The van der Waals surface area contributed by atoms with Crippen molar-refractivity contribution in [2.75, 3.05) is 0 Å². The molecule has 0 atom stereocenters. The van der Waals surface area contributed by atoms with Gasteiger partial charge in [-0.2, -0.15) is 47.9 Å². The zero-order chi connectivity index (χ0) is 31.4. The summed E-state index contributed by atoms with van der Waals surface area (Å²) in [5, 5.41) is -14.7. The van der Waals surface area contributed by atoms with E-state index in [-0.39, 0.29) is 17.0 Å². The van der Waals surface area contributed by atoms with Gasteiger partial charge in [0.1, 0.15) is 5.75 Å². The Balaban J connectivity index is 3.80. The quantitative estimate of drug-likeness (QED) is 0.209. The lowest BCUT2D eigenvalue weighted by atomic mass is 9.88. The lowest BCUT2D eigenvalue weighted by Crippen LogP contribution is -2.61. The third-order valence-corrected chi connectivity index (χ3v) is 9.46. The molecule has 1 rings (SSSR count). The molecular weight excluding hydrogens is 621 g/mol. The molecule has 0 unspecified atom stereocenters. The molecule has 228 valence electrons. The van der Waals surface area contributed by atoms with Crippen molar-refractivity contribution in [2.24, 2.45) is 0 Å². The molecule has 0 N–H and O–H groups in total. The van der Waals surface area contributed by atoms with Crippen molar-refractivity contribution in [1.82, 2.24) is 0 Å². The van der Waals surface area contributed by atoms with E-state index >= 15 is 0 Å². The molecule has 0 aromatic heterocycles. The van der Waals surface area contributed by atoms with Gasteiger partial charge in [-0.1, -0.05) is 53.7 Å². The smallest absolute Gasteiger partial charge is 0.423 e. The third-order valence-electron chi connectivity index (χ3n) is 5.13. The lowest BCUT2D eigenvalue weighted by Gasteiger charge is -2.35. The highest BCUT2D eigenvalue weighted by Crippen LogP contribution is 2.53. The van der Waals surface area contributed by atoms with Crippen LogP contribution in [0.1, 0.15) is 76.0 Å². The number of rotatable bonds is 11. The minimum atomic E-state index is -8.00. The Morgan fingerprint density at radius 2 is 1.03 bits per heavy atom. The van der Waals surface area contributed by atoms with Crippen LogP contribution in [0.3, 0.4) is 0 Å². The lowest BCUT2D eigenvalue weighted by molar-refractivity contribution is -0.245. The van der Waals surface area contributed by atoms with Crippen LogP contribution in [0.25, 0.3) is 4.13 Å². The molecule has 0 bridgehead atoms. The van der Waals surface area contributed by atoms with Crippen LogP contribution in [-0.4, -0.2) is 47.2 Å². The summed E-state index contributed by atoms with van der Waals surface area (Å²) in [6.07, 6.45) is 0. The number of benzene rings is 1. The summed E-state index contributed by atoms with van der Waals surface area (Å²) in [4.78, 5) is 0. The van der Waals surface area contributed by atoms with E-state index < -0.39 is 69.7 Å². The maximum Gasteiger partial charge on any atom is 0.480 e. The summed E-state index contributed by atoms with van der Waals surface area (Å²) in [6, 6.07) is 2.56. The van der Waals surface area contributed by atoms with Gasteiger partial charge in [0.15, 0.2) is 20.0 Å². The van der Waals surface area contributed by atoms with Crippen LogP contribution in [0, 0.1) is 0 Å². The minimum Gasteiger partial charge on any atom is -0.423 e. The van der Waals surface area contributed by atoms with Crippen LogP contribution in [0.4, 0.5) is 39.5 Å². The average Bonchev–Trinajstić information content (AvgIpc) is 2.70. The van der Waals surface area contributed by atoms with E-state index in [9.17, 15) is 64.8 Å². The van der Waals surface area contributed by atoms with Gasteiger partial charge in [0, 0.05) is 0 Å². The van der Waals surface area contributed by atoms with Crippen LogP contribution in [0.5, 0.6) is 5.75 Å². The van der Waals surface area contributed by atoms with Crippen molar-refractivity contribution in [1.29, 1.82) is 0 Å². The standard InChI is InChI=1S/C19H23F9NO7S3/c1-9(2)12-7-13(10(3)4)15(14(8-12)11(5)6)36-39(34,35)18(24,25)16(20,21)17(22,23)37(30,31)29-38(32,33)19(26,27)28/h7-11H,1-6H3/q-1. The largest absolute Gasteiger partial charge is 0.480 e. The van der Waals surface area contributed by atoms with E-state index in [4.69, 9.17) is 0 Å². The summed E-state index contributed by atoms with van der Waals surface area (Å²) >= 11 is 0. The van der Waals surface area contributed by atoms with Crippen molar-refractivity contribution in [3.63, 3.8) is 0 Å². The number of hydrogen-bond donors (Lipinski definition) is 0. The first-order chi connectivity index (χ1) is 17.0. The first-order valence-electron chi connectivity index (χ1n) is 10.5. The van der Waals surface area contributed by atoms with Crippen LogP contribution < -0.4 is 4.18 Å². The highest BCUT2D eigenvalue weighted by Gasteiger charge is 2.81. The molecule has 1 aromatic rings. The molecule has 20 heteroatoms. The molecule has 0 saturated heterocycles. The minimum absolute atomic E-state index is 0.141. The van der Waals surface area contributed by atoms with E-state index in [0.717, 1.165) is 0 Å². The first kappa shape index (κ1) is 35.2. The fourth-order valence-electron chi connectivity index (χ4n) is 2.85. The van der Waals surface area contributed by atoms with Gasteiger partial charge in [-0.15, -0.1) is 0 Å². The molecule has 0 radical (unpaired) electrons. The SMILES string of the molecule is CC(C)c1cc(C(C)C)c(OS(=O)(=O)C(F)(F)C(F)(F)C(F)(F)S(=O)(=O)[N-]S(=O)(=O)C(F)(F)F)c(C(C)C)c1. The predicted octanol–water partition coefficient (Wildman–Crippen LogP) is 6.14. The zero-order valence-corrected chi connectivity index (χ0v) is 23.3. The van der Waals surface area contributed by atoms with Crippen LogP contribution in [0.15, 0.2) is 12.1 Å². The molecule has 0 amide bonds. The van der Waals surface area contributed by atoms with E-state index in [2.05, 4.69) is 4.18 Å². The third kappa shape index (κ3) is 6.27. The molecule has 1 aromatic carbocycles. The van der Waals surface area contributed by atoms with E-state index in [1.54, 1.807) is 13.8 Å². The van der Waals surface area contributed by atoms with Crippen LogP contribution >= 0.6 is 0 Å². The topological polar surface area (TPSA) is 126 Å². The first-order valence-corrected chi connectivity index (χ1v) is 14.8. The predicted molar refractivity (Wildman–Crippen MR) is 120 cm³/mol. The zero-order valence-electron chi connectivity index (χ0n) is 20.8. The van der Waals surface area contributed by atoms with Gasteiger partial charge in [-0.3, -0.25) is 0 Å². The molecule has 0 heterocycles. The number of halogens is 9. The molecule has 0 aliphatic rings. The van der Waals surface area contributed by atoms with Gasteiger partial charge in [-0.25, -0.2) is 16.8 Å². The van der Waals surface area contributed by atoms with E-state index in [1.165, 1.54) is 39.8 Å². The van der Waals surface area contributed by atoms with Gasteiger partial charge in [-0.05, 0) is 34.4 Å². The number of nitrogens with zero attached hydrogens (tertiary/aromatic N) is 1. The highest BCUT2D eigenvalue weighted by atomic mass is 32.3. The second-order valence-corrected chi connectivity index (χ2v) is 14.2. The fourth-order valence-corrected chi connectivity index (χ4v) is 6.08. The molecular formula is C19H23F9NO7S3-. The fraction of sp³-hybridized carbons (Fsp3) is 0.684. The van der Waals surface area contributed by atoms with Gasteiger partial charge in [0.2, 0.25) is 0 Å². The van der Waals surface area contributed by atoms with Crippen molar-refractivity contribution < 1.29 is 69.0 Å².